The molecule has 0 aliphatic rings. The zero-order valence-corrected chi connectivity index (χ0v) is 13.6. The molecule has 3 rings (SSSR count). The molecule has 1 amide bonds. The molecule has 1 aromatic carbocycles. The largest absolute Gasteiger partial charge is 0.360 e. The van der Waals surface area contributed by atoms with Crippen molar-refractivity contribution < 1.29 is 14.2 Å². The Labute approximate surface area is 146 Å². The molecule has 0 aliphatic heterocycles. The second-order valence-electron chi connectivity index (χ2n) is 5.39. The Morgan fingerprint density at radius 2 is 2.00 bits per heavy atom. The van der Waals surface area contributed by atoms with Crippen molar-refractivity contribution in [2.75, 3.05) is 5.32 Å². The van der Waals surface area contributed by atoms with Gasteiger partial charge in [0, 0.05) is 29.8 Å². The second kappa shape index (κ2) is 6.97. The lowest BCUT2D eigenvalue weighted by molar-refractivity contribution is -0.384. The number of carbonyl (C=O) groups excluding carboxylic acids is 1. The average Bonchev–Trinajstić information content (AvgIpc) is 3.01. The summed E-state index contributed by atoms with van der Waals surface area (Å²) in [5.41, 5.74) is 0.480. The predicted molar refractivity (Wildman–Crippen MR) is 90.5 cm³/mol. The fraction of sp³-hybridized carbons (Fsp3) is 0.125. The van der Waals surface area contributed by atoms with Crippen molar-refractivity contribution >= 4 is 17.4 Å². The number of rotatable bonds is 5. The number of anilines is 1. The van der Waals surface area contributed by atoms with Gasteiger partial charge in [0.15, 0.2) is 5.82 Å². The zero-order valence-electron chi connectivity index (χ0n) is 13.6. The molecule has 1 N–H and O–H groups in total. The van der Waals surface area contributed by atoms with E-state index in [0.29, 0.717) is 17.0 Å². The van der Waals surface area contributed by atoms with Crippen LogP contribution < -0.4 is 10.9 Å². The molecule has 3 aromatic rings. The van der Waals surface area contributed by atoms with Gasteiger partial charge in [0.2, 0.25) is 5.91 Å². The summed E-state index contributed by atoms with van der Waals surface area (Å²) >= 11 is 0. The number of aromatic nitrogens is 3. The molecule has 2 aromatic heterocycles. The van der Waals surface area contributed by atoms with Gasteiger partial charge in [-0.2, -0.15) is 5.10 Å². The Balaban J connectivity index is 1.80. The van der Waals surface area contributed by atoms with Crippen molar-refractivity contribution in [2.24, 2.45) is 0 Å². The molecule has 0 saturated heterocycles. The topological polar surface area (TPSA) is 133 Å². The van der Waals surface area contributed by atoms with Gasteiger partial charge in [-0.05, 0) is 25.1 Å². The number of hydrogen-bond donors (Lipinski definition) is 1. The van der Waals surface area contributed by atoms with Gasteiger partial charge in [-0.25, -0.2) is 4.68 Å². The maximum Gasteiger partial charge on any atom is 0.269 e. The van der Waals surface area contributed by atoms with Crippen LogP contribution in [0.2, 0.25) is 0 Å². The van der Waals surface area contributed by atoms with Crippen molar-refractivity contribution in [1.29, 1.82) is 0 Å². The van der Waals surface area contributed by atoms with Crippen molar-refractivity contribution in [2.45, 2.75) is 13.5 Å². The normalized spacial score (nSPS) is 10.5. The summed E-state index contributed by atoms with van der Waals surface area (Å²) in [5.74, 6) is 0.289. The van der Waals surface area contributed by atoms with Crippen molar-refractivity contribution in [3.8, 4) is 11.3 Å². The number of aryl methyl sites for hydroxylation is 1. The van der Waals surface area contributed by atoms with Crippen molar-refractivity contribution in [1.82, 2.24) is 14.9 Å². The number of benzene rings is 1. The lowest BCUT2D eigenvalue weighted by Gasteiger charge is -2.07. The first-order chi connectivity index (χ1) is 12.4. The molecule has 0 saturated carbocycles. The molecule has 10 nitrogen and oxygen atoms in total. The van der Waals surface area contributed by atoms with Crippen LogP contribution in [0.5, 0.6) is 0 Å². The Morgan fingerprint density at radius 3 is 2.62 bits per heavy atom. The number of amides is 1. The summed E-state index contributed by atoms with van der Waals surface area (Å²) in [6.07, 6.45) is 0. The number of hydrogen-bond acceptors (Lipinski definition) is 7. The van der Waals surface area contributed by atoms with Crippen LogP contribution in [0.1, 0.15) is 5.76 Å². The standard InChI is InChI=1S/C16H13N5O5/c1-10-8-14(19-26-10)17-15(22)9-20-16(23)7-6-13(18-20)11-2-4-12(5-3-11)21(24)25/h2-8H,9H2,1H3,(H,17,19,22). The smallest absolute Gasteiger partial charge is 0.269 e. The van der Waals surface area contributed by atoms with Gasteiger partial charge >= 0.3 is 0 Å². The van der Waals surface area contributed by atoms with Crippen molar-refractivity contribution in [3.63, 3.8) is 0 Å². The molecule has 0 radical (unpaired) electrons. The van der Waals surface area contributed by atoms with Crippen LogP contribution in [0.4, 0.5) is 11.5 Å². The lowest BCUT2D eigenvalue weighted by atomic mass is 10.1. The maximum atomic E-state index is 12.0. The lowest BCUT2D eigenvalue weighted by Crippen LogP contribution is -2.29. The van der Waals surface area contributed by atoms with E-state index >= 15 is 0 Å². The third-order valence-corrected chi connectivity index (χ3v) is 3.43. The van der Waals surface area contributed by atoms with Crippen LogP contribution in [0.15, 0.2) is 51.8 Å². The number of carbonyl (C=O) groups is 1. The first-order valence-corrected chi connectivity index (χ1v) is 7.48. The quantitative estimate of drug-likeness (QED) is 0.544. The Bertz CT molecular complexity index is 1020. The molecule has 0 spiro atoms. The van der Waals surface area contributed by atoms with Gasteiger partial charge < -0.3 is 9.84 Å². The van der Waals surface area contributed by atoms with Gasteiger partial charge in [-0.1, -0.05) is 5.16 Å². The highest BCUT2D eigenvalue weighted by molar-refractivity contribution is 5.89. The predicted octanol–water partition coefficient (Wildman–Crippen LogP) is 1.75. The molecular weight excluding hydrogens is 342 g/mol. The molecule has 0 bridgehead atoms. The highest BCUT2D eigenvalue weighted by atomic mass is 16.6. The Hall–Kier alpha value is -3.82. The minimum Gasteiger partial charge on any atom is -0.360 e. The Kier molecular flexibility index (Phi) is 4.56. The molecular formula is C16H13N5O5. The summed E-state index contributed by atoms with van der Waals surface area (Å²) in [7, 11) is 0. The number of non-ortho nitro benzene ring substituents is 1. The SMILES string of the molecule is Cc1cc(NC(=O)Cn2nc(-c3ccc([N+](=O)[O-])cc3)ccc2=O)no1. The van der Waals surface area contributed by atoms with E-state index in [4.69, 9.17) is 4.52 Å². The van der Waals surface area contributed by atoms with E-state index in [1.807, 2.05) is 0 Å². The van der Waals surface area contributed by atoms with Gasteiger partial charge in [0.25, 0.3) is 11.2 Å². The van der Waals surface area contributed by atoms with E-state index in [2.05, 4.69) is 15.6 Å². The minimum absolute atomic E-state index is 0.0515. The van der Waals surface area contributed by atoms with E-state index in [0.717, 1.165) is 4.68 Å². The Morgan fingerprint density at radius 1 is 1.27 bits per heavy atom. The summed E-state index contributed by atoms with van der Waals surface area (Å²) < 4.78 is 5.84. The minimum atomic E-state index is -0.506. The average molecular weight is 355 g/mol. The summed E-state index contributed by atoms with van der Waals surface area (Å²) in [6.45, 7) is 1.37. The highest BCUT2D eigenvalue weighted by Gasteiger charge is 2.11. The monoisotopic (exact) mass is 355 g/mol. The number of nitro groups is 1. The van der Waals surface area contributed by atoms with E-state index < -0.39 is 16.4 Å². The summed E-state index contributed by atoms with van der Waals surface area (Å²) in [4.78, 5) is 34.2. The number of nitro benzene ring substituents is 1. The maximum absolute atomic E-state index is 12.0. The zero-order chi connectivity index (χ0) is 18.7. The van der Waals surface area contributed by atoms with Crippen LogP contribution in [0.25, 0.3) is 11.3 Å². The second-order valence-corrected chi connectivity index (χ2v) is 5.39. The first kappa shape index (κ1) is 17.0. The van der Waals surface area contributed by atoms with E-state index in [1.54, 1.807) is 13.0 Å². The third kappa shape index (κ3) is 3.80. The number of nitrogens with zero attached hydrogens (tertiary/aromatic N) is 4. The fourth-order valence-corrected chi connectivity index (χ4v) is 2.21. The van der Waals surface area contributed by atoms with Crippen LogP contribution in [0, 0.1) is 17.0 Å². The van der Waals surface area contributed by atoms with Gasteiger partial charge in [0.05, 0.1) is 10.6 Å². The fourth-order valence-electron chi connectivity index (χ4n) is 2.21. The molecule has 10 heteroatoms. The van der Waals surface area contributed by atoms with Gasteiger partial charge in [-0.3, -0.25) is 19.7 Å². The molecule has 132 valence electrons. The van der Waals surface area contributed by atoms with E-state index in [9.17, 15) is 19.7 Å². The van der Waals surface area contributed by atoms with E-state index in [-0.39, 0.29) is 18.1 Å². The van der Waals surface area contributed by atoms with Crippen molar-refractivity contribution in [3.05, 3.63) is 68.7 Å². The third-order valence-electron chi connectivity index (χ3n) is 3.43. The molecule has 0 fully saturated rings. The van der Waals surface area contributed by atoms with Crippen LogP contribution >= 0.6 is 0 Å². The summed E-state index contributed by atoms with van der Waals surface area (Å²) in [6, 6.07) is 10.0. The van der Waals surface area contributed by atoms with Crippen LogP contribution in [-0.2, 0) is 11.3 Å². The molecule has 0 atom stereocenters. The van der Waals surface area contributed by atoms with E-state index in [1.165, 1.54) is 36.4 Å². The summed E-state index contributed by atoms with van der Waals surface area (Å²) in [5, 5.41) is 21.0. The highest BCUT2D eigenvalue weighted by Crippen LogP contribution is 2.19. The van der Waals surface area contributed by atoms with Crippen LogP contribution in [-0.4, -0.2) is 25.8 Å². The van der Waals surface area contributed by atoms with Crippen LogP contribution in [0.3, 0.4) is 0 Å². The molecule has 0 aliphatic carbocycles. The number of nitrogens with one attached hydrogen (secondary N) is 1. The van der Waals surface area contributed by atoms with Gasteiger partial charge in [-0.15, -0.1) is 0 Å². The molecule has 2 heterocycles. The first-order valence-electron chi connectivity index (χ1n) is 7.48. The van der Waals surface area contributed by atoms with Gasteiger partial charge in [0.1, 0.15) is 12.3 Å². The molecule has 26 heavy (non-hydrogen) atoms. The molecule has 0 unspecified atom stereocenters.